The summed E-state index contributed by atoms with van der Waals surface area (Å²) in [5, 5.41) is 19.5. The summed E-state index contributed by atoms with van der Waals surface area (Å²) in [7, 11) is 0. The zero-order valence-electron chi connectivity index (χ0n) is 12.4. The van der Waals surface area contributed by atoms with Crippen molar-refractivity contribution >= 4 is 5.95 Å². The lowest BCUT2D eigenvalue weighted by Gasteiger charge is -2.31. The van der Waals surface area contributed by atoms with E-state index in [4.69, 9.17) is 5.11 Å². The Bertz CT molecular complexity index is 373. The average Bonchev–Trinajstić information content (AvgIpc) is 2.95. The molecule has 0 aromatic carbocycles. The lowest BCUT2D eigenvalue weighted by molar-refractivity contribution is 0.284. The Kier molecular flexibility index (Phi) is 6.26. The molecule has 20 heavy (non-hydrogen) atoms. The van der Waals surface area contributed by atoms with Crippen LogP contribution in [-0.4, -0.2) is 53.1 Å². The van der Waals surface area contributed by atoms with Crippen LogP contribution in [-0.2, 0) is 6.42 Å². The minimum atomic E-state index is 0.250. The van der Waals surface area contributed by atoms with Crippen molar-refractivity contribution in [1.82, 2.24) is 20.5 Å². The van der Waals surface area contributed by atoms with Crippen molar-refractivity contribution in [3.05, 3.63) is 5.82 Å². The van der Waals surface area contributed by atoms with Gasteiger partial charge in [-0.05, 0) is 44.7 Å². The van der Waals surface area contributed by atoms with Crippen LogP contribution in [0.5, 0.6) is 0 Å². The maximum Gasteiger partial charge on any atom is 0.244 e. The number of nitrogens with zero attached hydrogens (tertiary/aromatic N) is 3. The van der Waals surface area contributed by atoms with E-state index in [-0.39, 0.29) is 6.61 Å². The van der Waals surface area contributed by atoms with Crippen molar-refractivity contribution in [2.24, 2.45) is 5.92 Å². The third kappa shape index (κ3) is 4.45. The summed E-state index contributed by atoms with van der Waals surface area (Å²) in [5.74, 6) is 2.56. The molecule has 0 radical (unpaired) electrons. The van der Waals surface area contributed by atoms with Gasteiger partial charge in [0, 0.05) is 26.1 Å². The van der Waals surface area contributed by atoms with Crippen LogP contribution in [0.15, 0.2) is 0 Å². The van der Waals surface area contributed by atoms with Crippen molar-refractivity contribution in [3.8, 4) is 0 Å². The number of aromatic nitrogens is 3. The molecule has 2 heterocycles. The Labute approximate surface area is 121 Å². The molecule has 3 N–H and O–H groups in total. The molecule has 0 spiro atoms. The van der Waals surface area contributed by atoms with Crippen LogP contribution in [0, 0.1) is 5.92 Å². The van der Waals surface area contributed by atoms with Crippen LogP contribution >= 0.6 is 0 Å². The summed E-state index contributed by atoms with van der Waals surface area (Å²) in [6.45, 7) is 6.68. The third-order valence-electron chi connectivity index (χ3n) is 3.92. The number of hydrogen-bond donors (Lipinski definition) is 3. The zero-order chi connectivity index (χ0) is 14.2. The van der Waals surface area contributed by atoms with Crippen LogP contribution in [0.4, 0.5) is 5.95 Å². The second kappa shape index (κ2) is 8.21. The number of aliphatic hydroxyl groups is 1. The number of nitrogens with one attached hydrogen (secondary N) is 2. The first kappa shape index (κ1) is 15.3. The molecule has 114 valence electrons. The van der Waals surface area contributed by atoms with E-state index in [1.165, 1.54) is 12.8 Å². The van der Waals surface area contributed by atoms with E-state index < -0.39 is 0 Å². The topological polar surface area (TPSA) is 77.1 Å². The normalized spacial score (nSPS) is 16.8. The van der Waals surface area contributed by atoms with Crippen molar-refractivity contribution < 1.29 is 5.11 Å². The maximum absolute atomic E-state index is 8.78. The van der Waals surface area contributed by atoms with E-state index in [9.17, 15) is 0 Å². The van der Waals surface area contributed by atoms with Crippen molar-refractivity contribution in [2.75, 3.05) is 37.7 Å². The molecule has 1 aliphatic heterocycles. The van der Waals surface area contributed by atoms with Crippen molar-refractivity contribution in [2.45, 2.75) is 39.0 Å². The Morgan fingerprint density at radius 1 is 1.35 bits per heavy atom. The standard InChI is InChI=1S/C14H27N5O/c1-2-15-11-12-6-8-19(9-7-12)14-16-13(17-18-14)5-3-4-10-20/h12,15,20H,2-11H2,1H3,(H,16,17,18). The molecule has 0 atom stereocenters. The molecule has 6 nitrogen and oxygen atoms in total. The molecule has 0 bridgehead atoms. The van der Waals surface area contributed by atoms with Gasteiger partial charge in [-0.25, -0.2) is 0 Å². The summed E-state index contributed by atoms with van der Waals surface area (Å²) in [4.78, 5) is 6.83. The minimum absolute atomic E-state index is 0.250. The Morgan fingerprint density at radius 3 is 2.85 bits per heavy atom. The number of hydrogen-bond acceptors (Lipinski definition) is 5. The number of aromatic amines is 1. The molecule has 1 aromatic rings. The van der Waals surface area contributed by atoms with Gasteiger partial charge in [-0.3, -0.25) is 5.10 Å². The first-order valence-corrected chi connectivity index (χ1v) is 7.81. The highest BCUT2D eigenvalue weighted by molar-refractivity contribution is 5.29. The molecule has 1 aromatic heterocycles. The summed E-state index contributed by atoms with van der Waals surface area (Å²) in [6.07, 6.45) is 5.06. The average molecular weight is 281 g/mol. The quantitative estimate of drug-likeness (QED) is 0.618. The number of rotatable bonds is 8. The lowest BCUT2D eigenvalue weighted by atomic mass is 9.97. The van der Waals surface area contributed by atoms with E-state index in [0.717, 1.165) is 63.1 Å². The molecule has 1 fully saturated rings. The molecular formula is C14H27N5O. The minimum Gasteiger partial charge on any atom is -0.396 e. The summed E-state index contributed by atoms with van der Waals surface area (Å²) < 4.78 is 0. The van der Waals surface area contributed by atoms with Gasteiger partial charge in [-0.2, -0.15) is 4.98 Å². The summed E-state index contributed by atoms with van der Waals surface area (Å²) in [5.41, 5.74) is 0. The van der Waals surface area contributed by atoms with Crippen LogP contribution < -0.4 is 10.2 Å². The van der Waals surface area contributed by atoms with Crippen LogP contribution in [0.25, 0.3) is 0 Å². The summed E-state index contributed by atoms with van der Waals surface area (Å²) >= 11 is 0. The SMILES string of the molecule is CCNCC1CCN(c2n[nH]c(CCCCO)n2)CC1. The fraction of sp³-hybridized carbons (Fsp3) is 0.857. The van der Waals surface area contributed by atoms with Crippen molar-refractivity contribution in [1.29, 1.82) is 0 Å². The Hall–Kier alpha value is -1.14. The molecule has 0 aliphatic carbocycles. The number of unbranched alkanes of at least 4 members (excludes halogenated alkanes) is 1. The molecule has 0 saturated carbocycles. The zero-order valence-corrected chi connectivity index (χ0v) is 12.4. The van der Waals surface area contributed by atoms with Gasteiger partial charge >= 0.3 is 0 Å². The highest BCUT2D eigenvalue weighted by atomic mass is 16.2. The molecule has 0 unspecified atom stereocenters. The van der Waals surface area contributed by atoms with Gasteiger partial charge in [0.1, 0.15) is 5.82 Å². The van der Waals surface area contributed by atoms with Crippen LogP contribution in [0.2, 0.25) is 0 Å². The second-order valence-corrected chi connectivity index (χ2v) is 5.50. The van der Waals surface area contributed by atoms with Gasteiger partial charge in [0.15, 0.2) is 0 Å². The van der Waals surface area contributed by atoms with Gasteiger partial charge < -0.3 is 15.3 Å². The largest absolute Gasteiger partial charge is 0.396 e. The predicted molar refractivity (Wildman–Crippen MR) is 79.9 cm³/mol. The Balaban J connectivity index is 1.75. The maximum atomic E-state index is 8.78. The summed E-state index contributed by atoms with van der Waals surface area (Å²) in [6, 6.07) is 0. The molecular weight excluding hydrogens is 254 g/mol. The molecule has 0 amide bonds. The fourth-order valence-corrected chi connectivity index (χ4v) is 2.63. The molecule has 2 rings (SSSR count). The monoisotopic (exact) mass is 281 g/mol. The first-order valence-electron chi connectivity index (χ1n) is 7.81. The van der Waals surface area contributed by atoms with E-state index >= 15 is 0 Å². The van der Waals surface area contributed by atoms with Gasteiger partial charge in [-0.15, -0.1) is 5.10 Å². The number of aliphatic hydroxyl groups excluding tert-OH is 1. The molecule has 1 aliphatic rings. The smallest absolute Gasteiger partial charge is 0.244 e. The highest BCUT2D eigenvalue weighted by Crippen LogP contribution is 2.20. The number of piperidine rings is 1. The van der Waals surface area contributed by atoms with E-state index in [1.54, 1.807) is 0 Å². The highest BCUT2D eigenvalue weighted by Gasteiger charge is 2.21. The van der Waals surface area contributed by atoms with E-state index in [2.05, 4.69) is 32.3 Å². The van der Waals surface area contributed by atoms with Gasteiger partial charge in [-0.1, -0.05) is 6.92 Å². The third-order valence-corrected chi connectivity index (χ3v) is 3.92. The van der Waals surface area contributed by atoms with Crippen LogP contribution in [0.3, 0.4) is 0 Å². The van der Waals surface area contributed by atoms with E-state index in [1.807, 2.05) is 0 Å². The molecule has 6 heteroatoms. The Morgan fingerprint density at radius 2 is 2.15 bits per heavy atom. The fourth-order valence-electron chi connectivity index (χ4n) is 2.63. The first-order chi connectivity index (χ1) is 9.83. The predicted octanol–water partition coefficient (Wildman–Crippen LogP) is 0.946. The van der Waals surface area contributed by atoms with Gasteiger partial charge in [0.25, 0.3) is 0 Å². The van der Waals surface area contributed by atoms with Gasteiger partial charge in [0.2, 0.25) is 5.95 Å². The second-order valence-electron chi connectivity index (χ2n) is 5.50. The number of aryl methyl sites for hydroxylation is 1. The van der Waals surface area contributed by atoms with Crippen molar-refractivity contribution in [3.63, 3.8) is 0 Å². The lowest BCUT2D eigenvalue weighted by Crippen LogP contribution is -2.37. The van der Waals surface area contributed by atoms with E-state index in [0.29, 0.717) is 0 Å². The number of anilines is 1. The molecule has 1 saturated heterocycles. The van der Waals surface area contributed by atoms with Crippen LogP contribution in [0.1, 0.15) is 38.4 Å². The number of H-pyrrole nitrogens is 1. The van der Waals surface area contributed by atoms with Gasteiger partial charge in [0.05, 0.1) is 0 Å².